The van der Waals surface area contributed by atoms with E-state index < -0.39 is 23.6 Å². The Morgan fingerprint density at radius 3 is 2.40 bits per heavy atom. The van der Waals surface area contributed by atoms with E-state index in [-0.39, 0.29) is 35.0 Å². The molecule has 0 aliphatic rings. The summed E-state index contributed by atoms with van der Waals surface area (Å²) >= 11 is 0. The Labute approximate surface area is 170 Å². The number of aryl methyl sites for hydroxylation is 1. The Hall–Kier alpha value is -3.43. The van der Waals surface area contributed by atoms with Gasteiger partial charge in [-0.1, -0.05) is 26.0 Å². The number of nitrogens with one attached hydrogen (secondary N) is 1. The van der Waals surface area contributed by atoms with Crippen LogP contribution in [0.2, 0.25) is 0 Å². The lowest BCUT2D eigenvalue weighted by atomic mass is 10.1. The summed E-state index contributed by atoms with van der Waals surface area (Å²) in [6.45, 7) is 5.83. The normalized spacial score (nSPS) is 10.9. The molecule has 0 saturated heterocycles. The smallest absolute Gasteiger partial charge is 0.383 e. The maximum atomic E-state index is 13.7. The highest BCUT2D eigenvalue weighted by atomic mass is 19.4. The van der Waals surface area contributed by atoms with Crippen molar-refractivity contribution in [1.82, 2.24) is 14.8 Å². The second-order valence-corrected chi connectivity index (χ2v) is 5.79. The molecule has 1 aromatic carbocycles. The number of pyridine rings is 1. The SMILES string of the molecule is CC.CCn1nc(C(F)(F)F)cc1-c1ccc(NC(=O)c2ccccc2F)nc1N. The topological polar surface area (TPSA) is 85.8 Å². The van der Waals surface area contributed by atoms with Crippen LogP contribution in [0.25, 0.3) is 11.3 Å². The van der Waals surface area contributed by atoms with E-state index in [2.05, 4.69) is 15.4 Å². The first-order valence-electron chi connectivity index (χ1n) is 9.18. The Morgan fingerprint density at radius 1 is 1.17 bits per heavy atom. The quantitative estimate of drug-likeness (QED) is 0.580. The van der Waals surface area contributed by atoms with Gasteiger partial charge in [0.2, 0.25) is 0 Å². The first-order valence-corrected chi connectivity index (χ1v) is 9.18. The second kappa shape index (κ2) is 9.38. The number of anilines is 2. The molecule has 6 nitrogen and oxygen atoms in total. The van der Waals surface area contributed by atoms with Crippen molar-refractivity contribution in [2.24, 2.45) is 0 Å². The molecule has 2 heterocycles. The van der Waals surface area contributed by atoms with Crippen LogP contribution in [0, 0.1) is 5.82 Å². The first-order chi connectivity index (χ1) is 14.2. The van der Waals surface area contributed by atoms with Crippen LogP contribution in [0.4, 0.5) is 29.2 Å². The average molecular weight is 423 g/mol. The van der Waals surface area contributed by atoms with Gasteiger partial charge >= 0.3 is 6.18 Å². The fourth-order valence-electron chi connectivity index (χ4n) is 2.60. The largest absolute Gasteiger partial charge is 0.435 e. The molecule has 0 unspecified atom stereocenters. The molecule has 2 aromatic heterocycles. The van der Waals surface area contributed by atoms with Gasteiger partial charge < -0.3 is 11.1 Å². The van der Waals surface area contributed by atoms with Crippen molar-refractivity contribution in [3.8, 4) is 11.3 Å². The number of carbonyl (C=O) groups is 1. The summed E-state index contributed by atoms with van der Waals surface area (Å²) < 4.78 is 53.6. The van der Waals surface area contributed by atoms with Gasteiger partial charge in [0.1, 0.15) is 17.5 Å². The van der Waals surface area contributed by atoms with Crippen LogP contribution in [0.15, 0.2) is 42.5 Å². The molecule has 0 fully saturated rings. The summed E-state index contributed by atoms with van der Waals surface area (Å²) in [5, 5.41) is 5.94. The minimum atomic E-state index is -4.59. The molecule has 3 rings (SSSR count). The lowest BCUT2D eigenvalue weighted by Gasteiger charge is -2.10. The fourth-order valence-corrected chi connectivity index (χ4v) is 2.60. The van der Waals surface area contributed by atoms with Crippen molar-refractivity contribution >= 4 is 17.5 Å². The molecule has 1 amide bonds. The summed E-state index contributed by atoms with van der Waals surface area (Å²) in [6, 6.07) is 9.07. The Bertz CT molecular complexity index is 1030. The van der Waals surface area contributed by atoms with Gasteiger partial charge in [-0.2, -0.15) is 18.3 Å². The number of alkyl halides is 3. The van der Waals surface area contributed by atoms with Crippen LogP contribution in [0.1, 0.15) is 36.8 Å². The van der Waals surface area contributed by atoms with Gasteiger partial charge in [-0.25, -0.2) is 9.37 Å². The highest BCUT2D eigenvalue weighted by molar-refractivity contribution is 6.04. The lowest BCUT2D eigenvalue weighted by Crippen LogP contribution is -2.15. The predicted molar refractivity (Wildman–Crippen MR) is 106 cm³/mol. The van der Waals surface area contributed by atoms with E-state index in [1.54, 1.807) is 6.92 Å². The fraction of sp³-hybridized carbons (Fsp3) is 0.250. The second-order valence-electron chi connectivity index (χ2n) is 5.79. The number of nitrogens with two attached hydrogens (primary N) is 1. The number of halogens is 4. The van der Waals surface area contributed by atoms with Crippen LogP contribution in [-0.2, 0) is 12.7 Å². The number of hydrogen-bond donors (Lipinski definition) is 2. The molecule has 0 spiro atoms. The number of nitrogens with zero attached hydrogens (tertiary/aromatic N) is 3. The minimum Gasteiger partial charge on any atom is -0.383 e. The lowest BCUT2D eigenvalue weighted by molar-refractivity contribution is -0.141. The number of aromatic nitrogens is 3. The minimum absolute atomic E-state index is 0.0353. The number of nitrogen functional groups attached to an aromatic ring is 1. The summed E-state index contributed by atoms with van der Waals surface area (Å²) in [7, 11) is 0. The summed E-state index contributed by atoms with van der Waals surface area (Å²) in [4.78, 5) is 16.1. The number of amides is 1. The van der Waals surface area contributed by atoms with Gasteiger partial charge in [0, 0.05) is 12.1 Å². The van der Waals surface area contributed by atoms with E-state index in [4.69, 9.17) is 5.73 Å². The monoisotopic (exact) mass is 423 g/mol. The average Bonchev–Trinajstić information content (AvgIpc) is 3.14. The third-order valence-electron chi connectivity index (χ3n) is 3.93. The maximum Gasteiger partial charge on any atom is 0.435 e. The number of hydrogen-bond acceptors (Lipinski definition) is 4. The molecule has 3 N–H and O–H groups in total. The number of rotatable bonds is 4. The van der Waals surface area contributed by atoms with Gasteiger partial charge in [0.05, 0.1) is 11.3 Å². The van der Waals surface area contributed by atoms with Crippen LogP contribution in [-0.4, -0.2) is 20.7 Å². The Kier molecular flexibility index (Phi) is 7.14. The molecule has 0 bridgehead atoms. The summed E-state index contributed by atoms with van der Waals surface area (Å²) in [5.74, 6) is -1.49. The van der Waals surface area contributed by atoms with Crippen LogP contribution >= 0.6 is 0 Å². The molecule has 0 atom stereocenters. The van der Waals surface area contributed by atoms with E-state index in [1.807, 2.05) is 13.8 Å². The molecule has 3 aromatic rings. The van der Waals surface area contributed by atoms with Crippen LogP contribution < -0.4 is 11.1 Å². The van der Waals surface area contributed by atoms with E-state index >= 15 is 0 Å². The van der Waals surface area contributed by atoms with Crippen LogP contribution in [0.5, 0.6) is 0 Å². The van der Waals surface area contributed by atoms with Crippen molar-refractivity contribution in [3.63, 3.8) is 0 Å². The zero-order valence-electron chi connectivity index (χ0n) is 16.6. The van der Waals surface area contributed by atoms with Gasteiger partial charge in [0.15, 0.2) is 5.69 Å². The van der Waals surface area contributed by atoms with E-state index in [0.717, 1.165) is 16.8 Å². The third-order valence-corrected chi connectivity index (χ3v) is 3.93. The van der Waals surface area contributed by atoms with Crippen molar-refractivity contribution in [1.29, 1.82) is 0 Å². The first kappa shape index (κ1) is 22.9. The van der Waals surface area contributed by atoms with Crippen LogP contribution in [0.3, 0.4) is 0 Å². The zero-order chi connectivity index (χ0) is 22.5. The molecule has 0 saturated carbocycles. The van der Waals surface area contributed by atoms with E-state index in [9.17, 15) is 22.4 Å². The molecule has 0 radical (unpaired) electrons. The zero-order valence-corrected chi connectivity index (χ0v) is 16.6. The molecular formula is C20H21F4N5O. The van der Waals surface area contributed by atoms with Crippen molar-refractivity contribution < 1.29 is 22.4 Å². The highest BCUT2D eigenvalue weighted by Crippen LogP contribution is 2.33. The van der Waals surface area contributed by atoms with Gasteiger partial charge in [-0.05, 0) is 37.3 Å². The molecular weight excluding hydrogens is 402 g/mol. The van der Waals surface area contributed by atoms with E-state index in [0.29, 0.717) is 0 Å². The predicted octanol–water partition coefficient (Wildman–Crippen LogP) is 4.98. The van der Waals surface area contributed by atoms with Crippen molar-refractivity contribution in [2.75, 3.05) is 11.1 Å². The number of carbonyl (C=O) groups excluding carboxylic acids is 1. The molecule has 0 aliphatic carbocycles. The molecule has 0 aliphatic heterocycles. The molecule has 30 heavy (non-hydrogen) atoms. The summed E-state index contributed by atoms with van der Waals surface area (Å²) in [6.07, 6.45) is -4.59. The van der Waals surface area contributed by atoms with Crippen molar-refractivity contribution in [2.45, 2.75) is 33.5 Å². The molecule has 10 heteroatoms. The Morgan fingerprint density at radius 2 is 1.83 bits per heavy atom. The van der Waals surface area contributed by atoms with E-state index in [1.165, 1.54) is 30.3 Å². The van der Waals surface area contributed by atoms with Gasteiger partial charge in [0.25, 0.3) is 5.91 Å². The van der Waals surface area contributed by atoms with Gasteiger partial charge in [-0.15, -0.1) is 0 Å². The highest BCUT2D eigenvalue weighted by Gasteiger charge is 2.35. The third kappa shape index (κ3) is 4.94. The van der Waals surface area contributed by atoms with Gasteiger partial charge in [-0.3, -0.25) is 9.48 Å². The Balaban J connectivity index is 0.00000155. The maximum absolute atomic E-state index is 13.7. The summed E-state index contributed by atoms with van der Waals surface area (Å²) in [5.41, 5.74) is 5.04. The molecule has 160 valence electrons. The number of benzene rings is 1. The standard InChI is InChI=1S/C18H15F4N5O.C2H6/c1-2-27-13(9-14(26-27)18(20,21)22)11-7-8-15(24-16(11)23)25-17(28)10-5-3-4-6-12(10)19;1-2/h3-9H,2H2,1H3,(H3,23,24,25,28);1-2H3. The van der Waals surface area contributed by atoms with Crippen molar-refractivity contribution in [3.05, 3.63) is 59.5 Å².